The van der Waals surface area contributed by atoms with Gasteiger partial charge in [0.1, 0.15) is 0 Å². The van der Waals surface area contributed by atoms with Crippen molar-refractivity contribution in [3.8, 4) is 0 Å². The van der Waals surface area contributed by atoms with Crippen molar-refractivity contribution in [2.75, 3.05) is 11.9 Å². The van der Waals surface area contributed by atoms with E-state index in [4.69, 9.17) is 5.73 Å². The highest BCUT2D eigenvalue weighted by Gasteiger charge is 2.12. The van der Waals surface area contributed by atoms with Crippen LogP contribution in [0.2, 0.25) is 0 Å². The van der Waals surface area contributed by atoms with Crippen molar-refractivity contribution in [2.24, 2.45) is 5.73 Å². The standard InChI is InChI=1S/C19H23N3O2.ClH/c1-3-22(14(2)23)13-17-6-4-5-7-18(17)21-19(24)16-10-8-15(12-20)9-11-16;/h4-11H,3,12-13,20H2,1-2H3,(H,21,24);1H. The molecule has 0 unspecified atom stereocenters. The van der Waals surface area contributed by atoms with Gasteiger partial charge in [-0.1, -0.05) is 30.3 Å². The molecule has 2 aromatic rings. The van der Waals surface area contributed by atoms with Gasteiger partial charge in [0.05, 0.1) is 0 Å². The molecular weight excluding hydrogens is 338 g/mol. The van der Waals surface area contributed by atoms with Crippen LogP contribution in [0.15, 0.2) is 48.5 Å². The largest absolute Gasteiger partial charge is 0.339 e. The van der Waals surface area contributed by atoms with Crippen molar-refractivity contribution in [1.82, 2.24) is 4.90 Å². The SMILES string of the molecule is CCN(Cc1ccccc1NC(=O)c1ccc(CN)cc1)C(C)=O.Cl. The van der Waals surface area contributed by atoms with Crippen molar-refractivity contribution in [2.45, 2.75) is 26.9 Å². The van der Waals surface area contributed by atoms with Crippen molar-refractivity contribution < 1.29 is 9.59 Å². The molecule has 3 N–H and O–H groups in total. The summed E-state index contributed by atoms with van der Waals surface area (Å²) in [6.07, 6.45) is 0. The Morgan fingerprint density at radius 3 is 2.28 bits per heavy atom. The number of nitrogens with two attached hydrogens (primary N) is 1. The van der Waals surface area contributed by atoms with E-state index in [0.717, 1.165) is 11.1 Å². The lowest BCUT2D eigenvalue weighted by Gasteiger charge is -2.21. The summed E-state index contributed by atoms with van der Waals surface area (Å²) in [7, 11) is 0. The van der Waals surface area contributed by atoms with Crippen LogP contribution >= 0.6 is 12.4 Å². The average molecular weight is 362 g/mol. The topological polar surface area (TPSA) is 75.4 Å². The maximum atomic E-state index is 12.4. The number of hydrogen-bond donors (Lipinski definition) is 2. The lowest BCUT2D eigenvalue weighted by molar-refractivity contribution is -0.129. The van der Waals surface area contributed by atoms with Crippen LogP contribution in [0.25, 0.3) is 0 Å². The number of anilines is 1. The first kappa shape index (κ1) is 20.7. The van der Waals surface area contributed by atoms with Crippen LogP contribution in [0.5, 0.6) is 0 Å². The van der Waals surface area contributed by atoms with Crippen molar-refractivity contribution >= 4 is 29.9 Å². The number of carbonyl (C=O) groups excluding carboxylic acids is 2. The molecule has 5 nitrogen and oxygen atoms in total. The highest BCUT2D eigenvalue weighted by Crippen LogP contribution is 2.18. The first-order chi connectivity index (χ1) is 11.5. The van der Waals surface area contributed by atoms with Gasteiger partial charge in [0.2, 0.25) is 5.91 Å². The number of nitrogens with zero attached hydrogens (tertiary/aromatic N) is 1. The minimum Gasteiger partial charge on any atom is -0.339 e. The molecule has 2 aromatic carbocycles. The zero-order valence-corrected chi connectivity index (χ0v) is 15.3. The lowest BCUT2D eigenvalue weighted by atomic mass is 10.1. The van der Waals surface area contributed by atoms with Crippen molar-refractivity contribution in [3.63, 3.8) is 0 Å². The Balaban J connectivity index is 0.00000312. The van der Waals surface area contributed by atoms with E-state index in [1.54, 1.807) is 24.0 Å². The van der Waals surface area contributed by atoms with Gasteiger partial charge in [-0.2, -0.15) is 0 Å². The van der Waals surface area contributed by atoms with Gasteiger partial charge in [-0.3, -0.25) is 9.59 Å². The van der Waals surface area contributed by atoms with Gasteiger partial charge in [-0.05, 0) is 36.2 Å². The molecule has 2 rings (SSSR count). The summed E-state index contributed by atoms with van der Waals surface area (Å²) >= 11 is 0. The molecule has 0 saturated heterocycles. The molecule has 0 aromatic heterocycles. The fraction of sp³-hybridized carbons (Fsp3) is 0.263. The average Bonchev–Trinajstić information content (AvgIpc) is 2.60. The minimum atomic E-state index is -0.183. The molecule has 0 radical (unpaired) electrons. The minimum absolute atomic E-state index is 0. The van der Waals surface area contributed by atoms with Gasteiger partial charge >= 0.3 is 0 Å². The van der Waals surface area contributed by atoms with Gasteiger partial charge in [-0.25, -0.2) is 0 Å². The zero-order valence-electron chi connectivity index (χ0n) is 14.5. The smallest absolute Gasteiger partial charge is 0.255 e. The van der Waals surface area contributed by atoms with E-state index < -0.39 is 0 Å². The maximum absolute atomic E-state index is 12.4. The van der Waals surface area contributed by atoms with Crippen LogP contribution in [-0.2, 0) is 17.9 Å². The molecule has 0 bridgehead atoms. The Kier molecular flexibility index (Phi) is 8.11. The number of halogens is 1. The lowest BCUT2D eigenvalue weighted by Crippen LogP contribution is -2.28. The van der Waals surface area contributed by atoms with Crippen LogP contribution < -0.4 is 11.1 Å². The van der Waals surface area contributed by atoms with Crippen molar-refractivity contribution in [1.29, 1.82) is 0 Å². The summed E-state index contributed by atoms with van der Waals surface area (Å²) in [5, 5.41) is 2.92. The summed E-state index contributed by atoms with van der Waals surface area (Å²) in [5.41, 5.74) is 8.74. The van der Waals surface area contributed by atoms with E-state index in [1.165, 1.54) is 0 Å². The quantitative estimate of drug-likeness (QED) is 0.829. The van der Waals surface area contributed by atoms with E-state index in [9.17, 15) is 9.59 Å². The second kappa shape index (κ2) is 9.81. The van der Waals surface area contributed by atoms with Gasteiger partial charge in [0, 0.05) is 37.8 Å². The molecule has 0 saturated carbocycles. The number of benzene rings is 2. The monoisotopic (exact) mass is 361 g/mol. The molecule has 6 heteroatoms. The Morgan fingerprint density at radius 2 is 1.72 bits per heavy atom. The molecule has 0 spiro atoms. The Bertz CT molecular complexity index is 717. The van der Waals surface area contributed by atoms with Gasteiger partial charge in [0.25, 0.3) is 5.91 Å². The van der Waals surface area contributed by atoms with Crippen molar-refractivity contribution in [3.05, 3.63) is 65.2 Å². The first-order valence-corrected chi connectivity index (χ1v) is 7.99. The first-order valence-electron chi connectivity index (χ1n) is 7.99. The molecule has 0 aliphatic carbocycles. The molecule has 25 heavy (non-hydrogen) atoms. The third-order valence-corrected chi connectivity index (χ3v) is 3.91. The van der Waals surface area contributed by atoms with Crippen LogP contribution in [0.4, 0.5) is 5.69 Å². The van der Waals surface area contributed by atoms with Gasteiger partial charge < -0.3 is 16.0 Å². The van der Waals surface area contributed by atoms with Crippen LogP contribution in [0.1, 0.15) is 35.3 Å². The van der Waals surface area contributed by atoms with E-state index in [2.05, 4.69) is 5.32 Å². The fourth-order valence-electron chi connectivity index (χ4n) is 2.42. The molecule has 0 fully saturated rings. The van der Waals surface area contributed by atoms with Crippen LogP contribution in [-0.4, -0.2) is 23.3 Å². The summed E-state index contributed by atoms with van der Waals surface area (Å²) in [6.45, 7) is 5.01. The fourth-order valence-corrected chi connectivity index (χ4v) is 2.42. The zero-order chi connectivity index (χ0) is 17.5. The van der Waals surface area contributed by atoms with E-state index in [1.807, 2.05) is 43.3 Å². The molecule has 0 heterocycles. The Morgan fingerprint density at radius 1 is 1.08 bits per heavy atom. The number of rotatable bonds is 6. The summed E-state index contributed by atoms with van der Waals surface area (Å²) in [5.74, 6) is -0.173. The van der Waals surface area contributed by atoms with Crippen LogP contribution in [0, 0.1) is 0 Å². The number of carbonyl (C=O) groups is 2. The molecule has 0 aliphatic rings. The van der Waals surface area contributed by atoms with E-state index in [0.29, 0.717) is 30.9 Å². The second-order valence-corrected chi connectivity index (χ2v) is 5.55. The van der Waals surface area contributed by atoms with Gasteiger partial charge in [-0.15, -0.1) is 12.4 Å². The predicted octanol–water partition coefficient (Wildman–Crippen LogP) is 3.19. The third kappa shape index (κ3) is 5.59. The normalized spacial score (nSPS) is 9.88. The summed E-state index contributed by atoms with van der Waals surface area (Å²) < 4.78 is 0. The third-order valence-electron chi connectivity index (χ3n) is 3.91. The highest BCUT2D eigenvalue weighted by molar-refractivity contribution is 6.04. The number of amides is 2. The van der Waals surface area contributed by atoms with E-state index in [-0.39, 0.29) is 24.2 Å². The molecule has 0 aliphatic heterocycles. The Labute approximate surface area is 154 Å². The predicted molar refractivity (Wildman–Crippen MR) is 103 cm³/mol. The molecule has 134 valence electrons. The second-order valence-electron chi connectivity index (χ2n) is 5.55. The Hall–Kier alpha value is -2.37. The van der Waals surface area contributed by atoms with E-state index >= 15 is 0 Å². The van der Waals surface area contributed by atoms with Gasteiger partial charge in [0.15, 0.2) is 0 Å². The molecule has 2 amide bonds. The molecular formula is C19H24ClN3O2. The number of hydrogen-bond acceptors (Lipinski definition) is 3. The molecule has 0 atom stereocenters. The number of para-hydroxylation sites is 1. The summed E-state index contributed by atoms with van der Waals surface area (Å²) in [4.78, 5) is 25.8. The number of nitrogens with one attached hydrogen (secondary N) is 1. The highest BCUT2D eigenvalue weighted by atomic mass is 35.5. The van der Waals surface area contributed by atoms with Crippen LogP contribution in [0.3, 0.4) is 0 Å². The maximum Gasteiger partial charge on any atom is 0.255 e. The summed E-state index contributed by atoms with van der Waals surface area (Å²) in [6, 6.07) is 14.7.